The molecular formula is C11H16N2O2. The molecule has 0 spiro atoms. The molecule has 1 aromatic rings. The lowest BCUT2D eigenvalue weighted by Crippen LogP contribution is -2.38. The third-order valence-corrected chi connectivity index (χ3v) is 2.94. The van der Waals surface area contributed by atoms with E-state index in [1.807, 2.05) is 26.8 Å². The maximum Gasteiger partial charge on any atom is 0.269 e. The third kappa shape index (κ3) is 2.33. The van der Waals surface area contributed by atoms with Crippen molar-refractivity contribution in [2.24, 2.45) is 5.73 Å². The molecule has 82 valence electrons. The largest absolute Gasteiger partial charge is 0.327 e. The number of nitro benzene ring substituents is 1. The summed E-state index contributed by atoms with van der Waals surface area (Å²) >= 11 is 0. The molecule has 0 heterocycles. The Kier molecular flexibility index (Phi) is 3.09. The van der Waals surface area contributed by atoms with Crippen LogP contribution in [0.2, 0.25) is 0 Å². The number of benzene rings is 1. The van der Waals surface area contributed by atoms with Gasteiger partial charge in [-0.3, -0.25) is 10.1 Å². The van der Waals surface area contributed by atoms with Gasteiger partial charge >= 0.3 is 0 Å². The van der Waals surface area contributed by atoms with E-state index in [1.54, 1.807) is 12.1 Å². The van der Waals surface area contributed by atoms with Crippen LogP contribution in [0.15, 0.2) is 24.3 Å². The van der Waals surface area contributed by atoms with Gasteiger partial charge in [-0.2, -0.15) is 0 Å². The van der Waals surface area contributed by atoms with Crippen LogP contribution in [0.5, 0.6) is 0 Å². The van der Waals surface area contributed by atoms with Crippen molar-refractivity contribution in [3.8, 4) is 0 Å². The normalized spacial score (nSPS) is 13.6. The van der Waals surface area contributed by atoms with Gasteiger partial charge in [0.05, 0.1) is 4.92 Å². The van der Waals surface area contributed by atoms with E-state index < -0.39 is 0 Å². The van der Waals surface area contributed by atoms with E-state index >= 15 is 0 Å². The molecule has 0 radical (unpaired) electrons. The van der Waals surface area contributed by atoms with Crippen molar-refractivity contribution < 1.29 is 4.92 Å². The maximum atomic E-state index is 10.6. The Morgan fingerprint density at radius 2 is 2.07 bits per heavy atom. The minimum atomic E-state index is -0.388. The molecule has 0 amide bonds. The summed E-state index contributed by atoms with van der Waals surface area (Å²) in [5.74, 6) is 0. The molecule has 4 nitrogen and oxygen atoms in total. The van der Waals surface area contributed by atoms with Crippen LogP contribution in [0.4, 0.5) is 5.69 Å². The number of non-ortho nitro benzene ring substituents is 1. The first-order valence-electron chi connectivity index (χ1n) is 4.86. The summed E-state index contributed by atoms with van der Waals surface area (Å²) in [6.07, 6.45) is 0. The van der Waals surface area contributed by atoms with E-state index in [2.05, 4.69) is 0 Å². The van der Waals surface area contributed by atoms with Crippen LogP contribution in [0.3, 0.4) is 0 Å². The van der Waals surface area contributed by atoms with Crippen molar-refractivity contribution in [2.75, 3.05) is 0 Å². The van der Waals surface area contributed by atoms with Crippen LogP contribution < -0.4 is 5.73 Å². The summed E-state index contributed by atoms with van der Waals surface area (Å²) in [6.45, 7) is 5.87. The van der Waals surface area contributed by atoms with Crippen molar-refractivity contribution in [2.45, 2.75) is 32.2 Å². The van der Waals surface area contributed by atoms with Gasteiger partial charge in [0.15, 0.2) is 0 Å². The molecule has 0 aliphatic carbocycles. The fraction of sp³-hybridized carbons (Fsp3) is 0.455. The average molecular weight is 208 g/mol. The van der Waals surface area contributed by atoms with Gasteiger partial charge in [-0.1, -0.05) is 26.0 Å². The fourth-order valence-electron chi connectivity index (χ4n) is 1.28. The Bertz CT molecular complexity index is 373. The molecule has 1 aromatic carbocycles. The van der Waals surface area contributed by atoms with Crippen molar-refractivity contribution in [3.05, 3.63) is 39.9 Å². The molecule has 0 saturated heterocycles. The van der Waals surface area contributed by atoms with Crippen LogP contribution in [0.1, 0.15) is 26.3 Å². The van der Waals surface area contributed by atoms with Gasteiger partial charge in [0.2, 0.25) is 0 Å². The maximum absolute atomic E-state index is 10.6. The lowest BCUT2D eigenvalue weighted by atomic mass is 9.79. The Morgan fingerprint density at radius 1 is 1.47 bits per heavy atom. The molecule has 0 fully saturated rings. The molecule has 0 aliphatic heterocycles. The SMILES string of the molecule is CC(N)C(C)(C)c1cccc([N+](=O)[O-])c1. The lowest BCUT2D eigenvalue weighted by molar-refractivity contribution is -0.385. The second kappa shape index (κ2) is 3.98. The fourth-order valence-corrected chi connectivity index (χ4v) is 1.28. The van der Waals surface area contributed by atoms with Gasteiger partial charge in [0.25, 0.3) is 5.69 Å². The quantitative estimate of drug-likeness (QED) is 0.611. The molecule has 1 atom stereocenters. The number of rotatable bonds is 3. The summed E-state index contributed by atoms with van der Waals surface area (Å²) in [6, 6.07) is 6.58. The van der Waals surface area contributed by atoms with Gasteiger partial charge < -0.3 is 5.73 Å². The second-order valence-corrected chi connectivity index (χ2v) is 4.32. The minimum absolute atomic E-state index is 0.0560. The summed E-state index contributed by atoms with van der Waals surface area (Å²) in [5, 5.41) is 10.6. The van der Waals surface area contributed by atoms with E-state index in [9.17, 15) is 10.1 Å². The molecule has 15 heavy (non-hydrogen) atoms. The standard InChI is InChI=1S/C11H16N2O2/c1-8(12)11(2,3)9-5-4-6-10(7-9)13(14)15/h4-8H,12H2,1-3H3. The molecule has 0 saturated carbocycles. The zero-order valence-corrected chi connectivity index (χ0v) is 9.23. The van der Waals surface area contributed by atoms with Crippen LogP contribution in [0.25, 0.3) is 0 Å². The monoisotopic (exact) mass is 208 g/mol. The van der Waals surface area contributed by atoms with E-state index in [0.717, 1.165) is 5.56 Å². The highest BCUT2D eigenvalue weighted by atomic mass is 16.6. The molecule has 1 unspecified atom stereocenters. The number of nitrogens with two attached hydrogens (primary N) is 1. The number of hydrogen-bond acceptors (Lipinski definition) is 3. The third-order valence-electron chi connectivity index (χ3n) is 2.94. The summed E-state index contributed by atoms with van der Waals surface area (Å²) < 4.78 is 0. The molecule has 1 rings (SSSR count). The van der Waals surface area contributed by atoms with Gasteiger partial charge in [0.1, 0.15) is 0 Å². The van der Waals surface area contributed by atoms with Gasteiger partial charge in [-0.25, -0.2) is 0 Å². The van der Waals surface area contributed by atoms with Crippen molar-refractivity contribution in [1.82, 2.24) is 0 Å². The average Bonchev–Trinajstić information content (AvgIpc) is 2.17. The number of nitro groups is 1. The van der Waals surface area contributed by atoms with Gasteiger partial charge in [-0.05, 0) is 12.5 Å². The molecule has 2 N–H and O–H groups in total. The van der Waals surface area contributed by atoms with Crippen LogP contribution in [-0.2, 0) is 5.41 Å². The molecule has 4 heteroatoms. The molecular weight excluding hydrogens is 192 g/mol. The highest BCUT2D eigenvalue weighted by Gasteiger charge is 2.26. The van der Waals surface area contributed by atoms with E-state index in [4.69, 9.17) is 5.73 Å². The summed E-state index contributed by atoms with van der Waals surface area (Å²) in [7, 11) is 0. The first kappa shape index (κ1) is 11.7. The Morgan fingerprint density at radius 3 is 2.53 bits per heavy atom. The smallest absolute Gasteiger partial charge is 0.269 e. The zero-order chi connectivity index (χ0) is 11.6. The van der Waals surface area contributed by atoms with Crippen LogP contribution >= 0.6 is 0 Å². The van der Waals surface area contributed by atoms with Crippen LogP contribution in [0, 0.1) is 10.1 Å². The number of nitrogens with zero attached hydrogens (tertiary/aromatic N) is 1. The Hall–Kier alpha value is -1.42. The second-order valence-electron chi connectivity index (χ2n) is 4.32. The predicted octanol–water partition coefficient (Wildman–Crippen LogP) is 2.22. The van der Waals surface area contributed by atoms with Crippen molar-refractivity contribution >= 4 is 5.69 Å². The Balaban J connectivity index is 3.16. The lowest BCUT2D eigenvalue weighted by Gasteiger charge is -2.29. The summed E-state index contributed by atoms with van der Waals surface area (Å²) in [4.78, 5) is 10.2. The summed E-state index contributed by atoms with van der Waals surface area (Å²) in [5.41, 5.74) is 6.61. The predicted molar refractivity (Wildman–Crippen MR) is 59.8 cm³/mol. The zero-order valence-electron chi connectivity index (χ0n) is 9.23. The van der Waals surface area contributed by atoms with Crippen molar-refractivity contribution in [3.63, 3.8) is 0 Å². The van der Waals surface area contributed by atoms with E-state index in [0.29, 0.717) is 0 Å². The molecule has 0 bridgehead atoms. The molecule has 0 aromatic heterocycles. The highest BCUT2D eigenvalue weighted by Crippen LogP contribution is 2.28. The Labute approximate surface area is 89.2 Å². The topological polar surface area (TPSA) is 69.2 Å². The highest BCUT2D eigenvalue weighted by molar-refractivity contribution is 5.38. The molecule has 0 aliphatic rings. The van der Waals surface area contributed by atoms with E-state index in [1.165, 1.54) is 6.07 Å². The minimum Gasteiger partial charge on any atom is -0.327 e. The van der Waals surface area contributed by atoms with Crippen LogP contribution in [-0.4, -0.2) is 11.0 Å². The van der Waals surface area contributed by atoms with Crippen molar-refractivity contribution in [1.29, 1.82) is 0 Å². The van der Waals surface area contributed by atoms with Gasteiger partial charge in [0, 0.05) is 23.6 Å². The van der Waals surface area contributed by atoms with E-state index in [-0.39, 0.29) is 22.1 Å². The van der Waals surface area contributed by atoms with Gasteiger partial charge in [-0.15, -0.1) is 0 Å². The number of hydrogen-bond donors (Lipinski definition) is 1. The first-order valence-corrected chi connectivity index (χ1v) is 4.86. The first-order chi connectivity index (χ1) is 6.85.